The Kier molecular flexibility index (Phi) is 7.54. The number of aliphatic carboxylic acids is 1. The summed E-state index contributed by atoms with van der Waals surface area (Å²) < 4.78 is 5.91. The van der Waals surface area contributed by atoms with Gasteiger partial charge >= 0.3 is 5.97 Å². The van der Waals surface area contributed by atoms with Gasteiger partial charge in [-0.05, 0) is 31.4 Å². The summed E-state index contributed by atoms with van der Waals surface area (Å²) in [6, 6.07) is 10.5. The predicted octanol–water partition coefficient (Wildman–Crippen LogP) is 3.33. The maximum atomic E-state index is 12.7. The first-order valence-corrected chi connectivity index (χ1v) is 10.5. The number of carbonyl (C=O) groups is 3. The Hall–Kier alpha value is -2.61. The molecule has 2 aromatic rings. The topological polar surface area (TPSA) is 113 Å². The van der Waals surface area contributed by atoms with Gasteiger partial charge in [0.25, 0.3) is 0 Å². The van der Waals surface area contributed by atoms with Gasteiger partial charge in [0, 0.05) is 17.0 Å². The van der Waals surface area contributed by atoms with Crippen LogP contribution in [0.4, 0.5) is 0 Å². The molecule has 0 radical (unpaired) electrons. The highest BCUT2D eigenvalue weighted by atomic mass is 35.5. The van der Waals surface area contributed by atoms with Crippen molar-refractivity contribution in [3.63, 3.8) is 0 Å². The number of nitrogens with one attached hydrogen (secondary N) is 1. The third-order valence-electron chi connectivity index (χ3n) is 5.17. The molecule has 0 heterocycles. The number of aliphatic hydroxyl groups excluding tert-OH is 1. The van der Waals surface area contributed by atoms with Gasteiger partial charge in [0.05, 0.1) is 17.7 Å². The van der Waals surface area contributed by atoms with Crippen LogP contribution in [0.3, 0.4) is 0 Å². The van der Waals surface area contributed by atoms with Crippen LogP contribution < -0.4 is 10.1 Å². The standard InChI is InChI=1S/C22H21Cl2NO6/c23-18-15(20(27)12-4-2-1-3-5-12)8-9-17(19(18)24)31-14-7-6-13(10-14)21(28)25-16(11-26)22(29)30/h1-5,8-9,13-14,16,26H,6-7,10-11H2,(H,25,28)(H,29,30)/t13-,14-,16?/m0/s1. The van der Waals surface area contributed by atoms with E-state index in [1.54, 1.807) is 36.4 Å². The summed E-state index contributed by atoms with van der Waals surface area (Å²) in [5.41, 5.74) is 0.749. The monoisotopic (exact) mass is 465 g/mol. The number of hydrogen-bond donors (Lipinski definition) is 3. The van der Waals surface area contributed by atoms with Crippen LogP contribution >= 0.6 is 23.2 Å². The Morgan fingerprint density at radius 2 is 1.77 bits per heavy atom. The zero-order chi connectivity index (χ0) is 22.5. The molecule has 0 spiro atoms. The van der Waals surface area contributed by atoms with Gasteiger partial charge in [-0.15, -0.1) is 0 Å². The van der Waals surface area contributed by atoms with Crippen LogP contribution in [0, 0.1) is 5.92 Å². The van der Waals surface area contributed by atoms with Crippen molar-refractivity contribution in [2.75, 3.05) is 6.61 Å². The molecule has 3 atom stereocenters. The molecule has 1 aliphatic carbocycles. The lowest BCUT2D eigenvalue weighted by molar-refractivity contribution is -0.143. The normalized spacial score (nSPS) is 18.9. The lowest BCUT2D eigenvalue weighted by Crippen LogP contribution is -2.45. The Morgan fingerprint density at radius 1 is 1.06 bits per heavy atom. The Morgan fingerprint density at radius 3 is 2.42 bits per heavy atom. The summed E-state index contributed by atoms with van der Waals surface area (Å²) in [6.07, 6.45) is 1.11. The molecular weight excluding hydrogens is 445 g/mol. The minimum Gasteiger partial charge on any atom is -0.489 e. The van der Waals surface area contributed by atoms with E-state index in [0.29, 0.717) is 30.6 Å². The number of aliphatic hydroxyl groups is 1. The average Bonchev–Trinajstić information content (AvgIpc) is 3.24. The molecule has 7 nitrogen and oxygen atoms in total. The number of amides is 1. The number of ether oxygens (including phenoxy) is 1. The fraction of sp³-hybridized carbons (Fsp3) is 0.318. The van der Waals surface area contributed by atoms with Crippen molar-refractivity contribution in [1.29, 1.82) is 0 Å². The van der Waals surface area contributed by atoms with Crippen LogP contribution in [0.15, 0.2) is 42.5 Å². The van der Waals surface area contributed by atoms with E-state index in [4.69, 9.17) is 38.2 Å². The van der Waals surface area contributed by atoms with Gasteiger partial charge in [-0.25, -0.2) is 4.79 Å². The quantitative estimate of drug-likeness (QED) is 0.515. The van der Waals surface area contributed by atoms with Gasteiger partial charge in [0.1, 0.15) is 16.8 Å². The predicted molar refractivity (Wildman–Crippen MR) is 115 cm³/mol. The zero-order valence-corrected chi connectivity index (χ0v) is 17.9. The zero-order valence-electron chi connectivity index (χ0n) is 16.4. The molecule has 1 amide bonds. The molecule has 0 bridgehead atoms. The van der Waals surface area contributed by atoms with Gasteiger partial charge < -0.3 is 20.3 Å². The Balaban J connectivity index is 1.66. The molecule has 2 aromatic carbocycles. The van der Waals surface area contributed by atoms with Crippen LogP contribution in [0.1, 0.15) is 35.2 Å². The van der Waals surface area contributed by atoms with E-state index in [0.717, 1.165) is 0 Å². The molecule has 1 aliphatic rings. The maximum absolute atomic E-state index is 12.7. The number of carboxylic acids is 1. The minimum absolute atomic E-state index is 0.0903. The van der Waals surface area contributed by atoms with E-state index in [9.17, 15) is 14.4 Å². The molecule has 1 fully saturated rings. The smallest absolute Gasteiger partial charge is 0.328 e. The van der Waals surface area contributed by atoms with Crippen molar-refractivity contribution in [3.05, 3.63) is 63.6 Å². The van der Waals surface area contributed by atoms with Crippen molar-refractivity contribution in [3.8, 4) is 5.75 Å². The lowest BCUT2D eigenvalue weighted by atomic mass is 10.0. The van der Waals surface area contributed by atoms with Gasteiger partial charge in [-0.1, -0.05) is 53.5 Å². The van der Waals surface area contributed by atoms with Crippen LogP contribution in [-0.4, -0.2) is 46.6 Å². The summed E-state index contributed by atoms with van der Waals surface area (Å²) in [4.78, 5) is 35.9. The van der Waals surface area contributed by atoms with Gasteiger partial charge in [-0.2, -0.15) is 0 Å². The summed E-state index contributed by atoms with van der Waals surface area (Å²) in [5, 5.41) is 20.5. The molecule has 9 heteroatoms. The van der Waals surface area contributed by atoms with E-state index in [-0.39, 0.29) is 27.5 Å². The number of rotatable bonds is 8. The third kappa shape index (κ3) is 5.36. The van der Waals surface area contributed by atoms with Crippen molar-refractivity contribution in [2.45, 2.75) is 31.4 Å². The molecule has 31 heavy (non-hydrogen) atoms. The molecule has 0 aromatic heterocycles. The number of ketones is 1. The minimum atomic E-state index is -1.34. The van der Waals surface area contributed by atoms with Crippen molar-refractivity contribution in [1.82, 2.24) is 5.32 Å². The molecule has 1 saturated carbocycles. The second kappa shape index (κ2) is 10.1. The SMILES string of the molecule is O=C(c1ccccc1)c1ccc(O[C@H]2CC[C@H](C(=O)NC(CO)C(=O)O)C2)c(Cl)c1Cl. The molecule has 3 N–H and O–H groups in total. The highest BCUT2D eigenvalue weighted by Gasteiger charge is 2.33. The first kappa shape index (κ1) is 23.1. The first-order valence-electron chi connectivity index (χ1n) is 9.70. The molecule has 0 aliphatic heterocycles. The van der Waals surface area contributed by atoms with Gasteiger partial charge in [0.15, 0.2) is 5.78 Å². The number of carboxylic acid groups (broad SMARTS) is 1. The molecule has 1 unspecified atom stereocenters. The summed E-state index contributed by atoms with van der Waals surface area (Å²) in [7, 11) is 0. The lowest BCUT2D eigenvalue weighted by Gasteiger charge is -2.18. The average molecular weight is 466 g/mol. The summed E-state index contributed by atoms with van der Waals surface area (Å²) in [6.45, 7) is -0.685. The number of hydrogen-bond acceptors (Lipinski definition) is 5. The summed E-state index contributed by atoms with van der Waals surface area (Å²) in [5.74, 6) is -2.13. The van der Waals surface area contributed by atoms with Gasteiger partial charge in [-0.3, -0.25) is 9.59 Å². The van der Waals surface area contributed by atoms with Crippen LogP contribution in [-0.2, 0) is 9.59 Å². The van der Waals surface area contributed by atoms with Crippen molar-refractivity contribution < 1.29 is 29.3 Å². The Labute approximate surface area is 188 Å². The fourth-order valence-electron chi connectivity index (χ4n) is 3.48. The second-order valence-electron chi connectivity index (χ2n) is 7.27. The molecular formula is C22H21Cl2NO6. The molecule has 0 saturated heterocycles. The highest BCUT2D eigenvalue weighted by molar-refractivity contribution is 6.45. The van der Waals surface area contributed by atoms with Gasteiger partial charge in [0.2, 0.25) is 5.91 Å². The number of halogens is 2. The van der Waals surface area contributed by atoms with E-state index >= 15 is 0 Å². The van der Waals surface area contributed by atoms with E-state index in [1.165, 1.54) is 0 Å². The van der Waals surface area contributed by atoms with Crippen molar-refractivity contribution >= 4 is 40.9 Å². The number of benzene rings is 2. The van der Waals surface area contributed by atoms with Crippen molar-refractivity contribution in [2.24, 2.45) is 5.92 Å². The van der Waals surface area contributed by atoms with Crippen LogP contribution in [0.25, 0.3) is 0 Å². The first-order chi connectivity index (χ1) is 14.8. The van der Waals surface area contributed by atoms with E-state index in [2.05, 4.69) is 5.32 Å². The van der Waals surface area contributed by atoms with E-state index in [1.807, 2.05) is 6.07 Å². The maximum Gasteiger partial charge on any atom is 0.328 e. The second-order valence-corrected chi connectivity index (χ2v) is 8.02. The Bertz CT molecular complexity index is 981. The largest absolute Gasteiger partial charge is 0.489 e. The molecule has 3 rings (SSSR count). The third-order valence-corrected chi connectivity index (χ3v) is 6.04. The molecule has 164 valence electrons. The van der Waals surface area contributed by atoms with Crippen LogP contribution in [0.5, 0.6) is 5.75 Å². The number of carbonyl (C=O) groups excluding carboxylic acids is 2. The summed E-state index contributed by atoms with van der Waals surface area (Å²) >= 11 is 12.7. The fourth-order valence-corrected chi connectivity index (χ4v) is 3.93. The van der Waals surface area contributed by atoms with E-state index < -0.39 is 30.4 Å². The van der Waals surface area contributed by atoms with Crippen LogP contribution in [0.2, 0.25) is 10.0 Å². The highest BCUT2D eigenvalue weighted by Crippen LogP contribution is 2.38.